The molecule has 0 aromatic carbocycles. The minimum absolute atomic E-state index is 0.0553. The lowest BCUT2D eigenvalue weighted by molar-refractivity contribution is -0.143. The molecule has 0 radical (unpaired) electrons. The Hall–Kier alpha value is -1.87. The van der Waals surface area contributed by atoms with E-state index in [9.17, 15) is 18.0 Å². The second-order valence-electron chi connectivity index (χ2n) is 3.47. The number of esters is 2. The van der Waals surface area contributed by atoms with Gasteiger partial charge in [0.2, 0.25) is 10.0 Å². The monoisotopic (exact) mass is 290 g/mol. The number of sulfonamides is 1. The molecular formula is C10H14N2O6S. The number of nitrogens with zero attached hydrogens (tertiary/aromatic N) is 1. The molecule has 1 N–H and O–H groups in total. The van der Waals surface area contributed by atoms with Crippen LogP contribution in [0.25, 0.3) is 0 Å². The van der Waals surface area contributed by atoms with Crippen LogP contribution in [0.4, 0.5) is 0 Å². The average molecular weight is 290 g/mol. The summed E-state index contributed by atoms with van der Waals surface area (Å²) >= 11 is 0. The number of rotatable bonds is 6. The maximum absolute atomic E-state index is 12.2. The number of H-pyrrole nitrogens is 1. The molecule has 1 heterocycles. The minimum Gasteiger partial charge on any atom is -0.468 e. The van der Waals surface area contributed by atoms with Crippen LogP contribution in [-0.4, -0.2) is 57.0 Å². The van der Waals surface area contributed by atoms with E-state index in [4.69, 9.17) is 0 Å². The molecule has 0 saturated heterocycles. The summed E-state index contributed by atoms with van der Waals surface area (Å²) in [4.78, 5) is 25.0. The SMILES string of the molecule is COC(=O)CN(CC(=O)OC)S(=O)(=O)c1cc[nH]c1. The second kappa shape index (κ2) is 6.34. The number of aromatic amines is 1. The molecule has 0 unspecified atom stereocenters. The van der Waals surface area contributed by atoms with Gasteiger partial charge in [-0.05, 0) is 6.07 Å². The number of carbonyl (C=O) groups excluding carboxylic acids is 2. The lowest BCUT2D eigenvalue weighted by Crippen LogP contribution is -2.40. The van der Waals surface area contributed by atoms with Crippen molar-refractivity contribution in [2.45, 2.75) is 4.90 Å². The van der Waals surface area contributed by atoms with E-state index in [1.165, 1.54) is 18.5 Å². The molecule has 9 heteroatoms. The Labute approximate surface area is 110 Å². The average Bonchev–Trinajstić information content (AvgIpc) is 2.91. The van der Waals surface area contributed by atoms with Gasteiger partial charge in [-0.15, -0.1) is 0 Å². The highest BCUT2D eigenvalue weighted by Gasteiger charge is 2.29. The summed E-state index contributed by atoms with van der Waals surface area (Å²) in [6.45, 7) is -1.14. The van der Waals surface area contributed by atoms with Crippen molar-refractivity contribution in [3.05, 3.63) is 18.5 Å². The highest BCUT2D eigenvalue weighted by Crippen LogP contribution is 2.14. The van der Waals surface area contributed by atoms with Crippen molar-refractivity contribution in [2.75, 3.05) is 27.3 Å². The number of hydrogen-bond acceptors (Lipinski definition) is 6. The smallest absolute Gasteiger partial charge is 0.321 e. The largest absolute Gasteiger partial charge is 0.468 e. The zero-order chi connectivity index (χ0) is 14.5. The normalized spacial score (nSPS) is 11.3. The Morgan fingerprint density at radius 1 is 1.21 bits per heavy atom. The van der Waals surface area contributed by atoms with Gasteiger partial charge in [0.15, 0.2) is 0 Å². The number of aromatic nitrogens is 1. The third-order valence-electron chi connectivity index (χ3n) is 2.27. The summed E-state index contributed by atoms with van der Waals surface area (Å²) < 4.78 is 33.9. The predicted octanol–water partition coefficient (Wildman–Crippen LogP) is -0.649. The van der Waals surface area contributed by atoms with E-state index in [0.717, 1.165) is 14.2 Å². The van der Waals surface area contributed by atoms with Gasteiger partial charge in [0.1, 0.15) is 13.1 Å². The number of nitrogens with one attached hydrogen (secondary N) is 1. The van der Waals surface area contributed by atoms with Crippen LogP contribution < -0.4 is 0 Å². The molecule has 1 rings (SSSR count). The summed E-state index contributed by atoms with van der Waals surface area (Å²) in [5, 5.41) is 0. The molecule has 19 heavy (non-hydrogen) atoms. The summed E-state index contributed by atoms with van der Waals surface area (Å²) in [6.07, 6.45) is 2.66. The van der Waals surface area contributed by atoms with Crippen LogP contribution >= 0.6 is 0 Å². The van der Waals surface area contributed by atoms with E-state index in [2.05, 4.69) is 14.5 Å². The Morgan fingerprint density at radius 3 is 2.11 bits per heavy atom. The standard InChI is InChI=1S/C10H14N2O6S/c1-17-9(13)6-12(7-10(14)18-2)19(15,16)8-3-4-11-5-8/h3-5,11H,6-7H2,1-2H3. The number of ether oxygens (including phenoxy) is 2. The predicted molar refractivity (Wildman–Crippen MR) is 63.6 cm³/mol. The Kier molecular flexibility index (Phi) is 5.07. The fourth-order valence-corrected chi connectivity index (χ4v) is 2.57. The van der Waals surface area contributed by atoms with E-state index in [1.54, 1.807) is 0 Å². The van der Waals surface area contributed by atoms with Crippen molar-refractivity contribution >= 4 is 22.0 Å². The number of carbonyl (C=O) groups is 2. The van der Waals surface area contributed by atoms with Crippen LogP contribution in [0.1, 0.15) is 0 Å². The van der Waals surface area contributed by atoms with Crippen LogP contribution in [0.5, 0.6) is 0 Å². The van der Waals surface area contributed by atoms with Crippen LogP contribution in [0.2, 0.25) is 0 Å². The highest BCUT2D eigenvalue weighted by atomic mass is 32.2. The maximum Gasteiger partial charge on any atom is 0.321 e. The summed E-state index contributed by atoms with van der Waals surface area (Å²) in [5.74, 6) is -1.55. The van der Waals surface area contributed by atoms with Gasteiger partial charge < -0.3 is 14.5 Å². The molecule has 106 valence electrons. The van der Waals surface area contributed by atoms with E-state index in [0.29, 0.717) is 4.31 Å². The lowest BCUT2D eigenvalue weighted by Gasteiger charge is -2.18. The first-order chi connectivity index (χ1) is 8.91. The molecule has 1 aromatic rings. The van der Waals surface area contributed by atoms with Gasteiger partial charge >= 0.3 is 11.9 Å². The number of hydrogen-bond donors (Lipinski definition) is 1. The van der Waals surface area contributed by atoms with Crippen LogP contribution in [0.3, 0.4) is 0 Å². The molecule has 0 saturated carbocycles. The van der Waals surface area contributed by atoms with Gasteiger partial charge in [0, 0.05) is 12.4 Å². The van der Waals surface area contributed by atoms with Gasteiger partial charge in [0.05, 0.1) is 19.1 Å². The van der Waals surface area contributed by atoms with Crippen molar-refractivity contribution in [1.82, 2.24) is 9.29 Å². The van der Waals surface area contributed by atoms with Crippen LogP contribution in [0, 0.1) is 0 Å². The first-order valence-corrected chi connectivity index (χ1v) is 6.62. The minimum atomic E-state index is -3.97. The van der Waals surface area contributed by atoms with E-state index in [-0.39, 0.29) is 4.90 Å². The molecule has 8 nitrogen and oxygen atoms in total. The van der Waals surface area contributed by atoms with E-state index >= 15 is 0 Å². The molecule has 0 amide bonds. The molecular weight excluding hydrogens is 276 g/mol. The van der Waals surface area contributed by atoms with Gasteiger partial charge in [-0.3, -0.25) is 9.59 Å². The molecule has 0 fully saturated rings. The quantitative estimate of drug-likeness (QED) is 0.698. The second-order valence-corrected chi connectivity index (χ2v) is 5.41. The lowest BCUT2D eigenvalue weighted by atomic mass is 10.6. The molecule has 0 spiro atoms. The molecule has 0 aliphatic heterocycles. The highest BCUT2D eigenvalue weighted by molar-refractivity contribution is 7.89. The molecule has 1 aromatic heterocycles. The molecule has 0 atom stereocenters. The first kappa shape index (κ1) is 15.2. The first-order valence-electron chi connectivity index (χ1n) is 5.18. The Morgan fingerprint density at radius 2 is 1.74 bits per heavy atom. The Bertz CT molecular complexity index is 518. The zero-order valence-electron chi connectivity index (χ0n) is 10.5. The van der Waals surface area contributed by atoms with E-state index in [1.807, 2.05) is 0 Å². The maximum atomic E-state index is 12.2. The van der Waals surface area contributed by atoms with Crippen molar-refractivity contribution in [1.29, 1.82) is 0 Å². The summed E-state index contributed by atoms with van der Waals surface area (Å²) in [7, 11) is -1.71. The summed E-state index contributed by atoms with van der Waals surface area (Å²) in [5.41, 5.74) is 0. The van der Waals surface area contributed by atoms with Gasteiger partial charge in [0.25, 0.3) is 0 Å². The van der Waals surface area contributed by atoms with Crippen LogP contribution in [0.15, 0.2) is 23.4 Å². The third kappa shape index (κ3) is 3.80. The Balaban J connectivity index is 3.01. The van der Waals surface area contributed by atoms with Crippen LogP contribution in [-0.2, 0) is 29.1 Å². The molecule has 0 aliphatic carbocycles. The van der Waals surface area contributed by atoms with Gasteiger partial charge in [-0.1, -0.05) is 0 Å². The van der Waals surface area contributed by atoms with Gasteiger partial charge in [-0.25, -0.2) is 8.42 Å². The van der Waals surface area contributed by atoms with Crippen molar-refractivity contribution in [3.8, 4) is 0 Å². The molecule has 0 bridgehead atoms. The van der Waals surface area contributed by atoms with Crippen molar-refractivity contribution in [2.24, 2.45) is 0 Å². The topological polar surface area (TPSA) is 106 Å². The van der Waals surface area contributed by atoms with E-state index < -0.39 is 35.1 Å². The van der Waals surface area contributed by atoms with Crippen molar-refractivity contribution in [3.63, 3.8) is 0 Å². The fraction of sp³-hybridized carbons (Fsp3) is 0.400. The third-order valence-corrected chi connectivity index (χ3v) is 4.06. The molecule has 0 aliphatic rings. The summed E-state index contributed by atoms with van der Waals surface area (Å²) in [6, 6.07) is 1.32. The fourth-order valence-electron chi connectivity index (χ4n) is 1.26. The van der Waals surface area contributed by atoms with Gasteiger partial charge in [-0.2, -0.15) is 4.31 Å². The van der Waals surface area contributed by atoms with Crippen molar-refractivity contribution < 1.29 is 27.5 Å². The zero-order valence-corrected chi connectivity index (χ0v) is 11.3. The number of methoxy groups -OCH3 is 2.